The summed E-state index contributed by atoms with van der Waals surface area (Å²) in [6.07, 6.45) is 4.70. The van der Waals surface area contributed by atoms with E-state index in [2.05, 4.69) is 53.2 Å². The third-order valence-electron chi connectivity index (χ3n) is 6.92. The van der Waals surface area contributed by atoms with E-state index in [1.807, 2.05) is 12.1 Å². The molecule has 0 atom stereocenters. The molecule has 1 aliphatic carbocycles. The number of aromatic nitrogens is 2. The molecule has 0 spiro atoms. The number of rotatable bonds is 4. The zero-order valence-electron chi connectivity index (χ0n) is 17.2. The molecule has 29 heavy (non-hydrogen) atoms. The van der Waals surface area contributed by atoms with Crippen LogP contribution in [0.25, 0.3) is 11.3 Å². The Balaban J connectivity index is 1.40. The lowest BCUT2D eigenvalue weighted by atomic mass is 9.89. The molecule has 150 valence electrons. The van der Waals surface area contributed by atoms with Crippen LogP contribution in [0.15, 0.2) is 48.5 Å². The van der Waals surface area contributed by atoms with Crippen molar-refractivity contribution in [3.8, 4) is 11.3 Å². The Morgan fingerprint density at radius 3 is 2.28 bits per heavy atom. The van der Waals surface area contributed by atoms with Crippen LogP contribution < -0.4 is 4.90 Å². The van der Waals surface area contributed by atoms with E-state index >= 15 is 0 Å². The molecule has 1 N–H and O–H groups in total. The van der Waals surface area contributed by atoms with Gasteiger partial charge in [0.25, 0.3) is 0 Å². The lowest BCUT2D eigenvalue weighted by molar-refractivity contribution is 0.438. The van der Waals surface area contributed by atoms with E-state index < -0.39 is 0 Å². The second kappa shape index (κ2) is 7.01. The third-order valence-corrected chi connectivity index (χ3v) is 6.92. The highest BCUT2D eigenvalue weighted by Gasteiger charge is 2.48. The Labute approximate surface area is 172 Å². The van der Waals surface area contributed by atoms with Gasteiger partial charge in [0.05, 0.1) is 5.69 Å². The van der Waals surface area contributed by atoms with Gasteiger partial charge in [-0.3, -0.25) is 5.10 Å². The molecular weight excluding hydrogens is 361 g/mol. The molecule has 5 rings (SSSR count). The van der Waals surface area contributed by atoms with Gasteiger partial charge >= 0.3 is 0 Å². The summed E-state index contributed by atoms with van der Waals surface area (Å²) in [5.74, 6) is 0.654. The van der Waals surface area contributed by atoms with Crippen LogP contribution in [0.4, 0.5) is 10.1 Å². The molecule has 2 aromatic carbocycles. The highest BCUT2D eigenvalue weighted by Crippen LogP contribution is 2.54. The molecule has 1 aliphatic heterocycles. The van der Waals surface area contributed by atoms with Crippen LogP contribution in [0, 0.1) is 18.7 Å². The van der Waals surface area contributed by atoms with E-state index in [4.69, 9.17) is 0 Å². The average Bonchev–Trinajstić information content (AvgIpc) is 3.45. The molecule has 2 aliphatic rings. The number of hydrogen-bond donors (Lipinski definition) is 1. The number of anilines is 1. The number of hydrogen-bond acceptors (Lipinski definition) is 2. The minimum absolute atomic E-state index is 0.0343. The number of halogens is 1. The van der Waals surface area contributed by atoms with Crippen molar-refractivity contribution in [2.24, 2.45) is 5.92 Å². The van der Waals surface area contributed by atoms with Crippen LogP contribution in [0.3, 0.4) is 0 Å². The Morgan fingerprint density at radius 1 is 1.00 bits per heavy atom. The zero-order chi connectivity index (χ0) is 20.0. The summed E-state index contributed by atoms with van der Waals surface area (Å²) in [6, 6.07) is 15.8. The summed E-state index contributed by atoms with van der Waals surface area (Å²) >= 11 is 0. The summed E-state index contributed by atoms with van der Waals surface area (Å²) in [5, 5.41) is 7.99. The molecule has 1 saturated carbocycles. The fraction of sp³-hybridized carbons (Fsp3) is 0.400. The first-order valence-corrected chi connectivity index (χ1v) is 10.7. The van der Waals surface area contributed by atoms with Crippen molar-refractivity contribution in [1.29, 1.82) is 0 Å². The summed E-state index contributed by atoms with van der Waals surface area (Å²) in [6.45, 7) is 6.78. The van der Waals surface area contributed by atoms with Gasteiger partial charge in [-0.05, 0) is 73.9 Å². The zero-order valence-corrected chi connectivity index (χ0v) is 17.2. The second-order valence-corrected chi connectivity index (χ2v) is 8.88. The van der Waals surface area contributed by atoms with Crippen LogP contribution in [-0.4, -0.2) is 23.3 Å². The summed E-state index contributed by atoms with van der Waals surface area (Å²) in [7, 11) is 0. The second-order valence-electron chi connectivity index (χ2n) is 8.88. The van der Waals surface area contributed by atoms with Gasteiger partial charge in [0.15, 0.2) is 0 Å². The van der Waals surface area contributed by atoms with E-state index in [9.17, 15) is 4.39 Å². The monoisotopic (exact) mass is 389 g/mol. The number of aromatic amines is 1. The molecule has 0 unspecified atom stereocenters. The number of H-pyrrole nitrogens is 1. The fourth-order valence-corrected chi connectivity index (χ4v) is 4.82. The number of benzene rings is 2. The molecular formula is C25H28FN3. The molecule has 2 fully saturated rings. The highest BCUT2D eigenvalue weighted by atomic mass is 19.1. The Hall–Kier alpha value is -2.62. The van der Waals surface area contributed by atoms with Gasteiger partial charge in [-0.15, -0.1) is 0 Å². The Bertz CT molecular complexity index is 992. The molecule has 0 bridgehead atoms. The molecule has 0 amide bonds. The molecule has 0 radical (unpaired) electrons. The van der Waals surface area contributed by atoms with Crippen LogP contribution >= 0.6 is 0 Å². The average molecular weight is 390 g/mol. The molecule has 1 saturated heterocycles. The van der Waals surface area contributed by atoms with Crippen molar-refractivity contribution in [3.05, 3.63) is 71.2 Å². The molecule has 1 aromatic heterocycles. The smallest absolute Gasteiger partial charge is 0.123 e. The minimum Gasteiger partial charge on any atom is -0.372 e. The fourth-order valence-electron chi connectivity index (χ4n) is 4.82. The molecule has 4 heteroatoms. The summed E-state index contributed by atoms with van der Waals surface area (Å²) in [4.78, 5) is 2.49. The van der Waals surface area contributed by atoms with Crippen molar-refractivity contribution in [2.45, 2.75) is 44.9 Å². The lowest BCUT2D eigenvalue weighted by Crippen LogP contribution is -2.32. The van der Waals surface area contributed by atoms with Crippen LogP contribution in [0.1, 0.15) is 49.4 Å². The van der Waals surface area contributed by atoms with E-state index in [1.165, 1.54) is 35.3 Å². The Morgan fingerprint density at radius 2 is 1.66 bits per heavy atom. The normalized spacial score (nSPS) is 18.8. The van der Waals surface area contributed by atoms with Crippen molar-refractivity contribution >= 4 is 5.69 Å². The third kappa shape index (κ3) is 3.25. The number of piperidine rings is 1. The largest absolute Gasteiger partial charge is 0.372 e. The first-order chi connectivity index (χ1) is 14.1. The molecule has 3 aromatic rings. The highest BCUT2D eigenvalue weighted by molar-refractivity contribution is 5.68. The number of nitrogens with zero attached hydrogens (tertiary/aromatic N) is 2. The van der Waals surface area contributed by atoms with Crippen LogP contribution in [-0.2, 0) is 5.41 Å². The molecule has 3 nitrogen and oxygen atoms in total. The SMILES string of the molecule is Cc1c(-c2ccc(N3CCC(C)CC3)cc2)n[nH]c1C1(c2ccc(F)cc2)CC1. The van der Waals surface area contributed by atoms with Gasteiger partial charge in [0.2, 0.25) is 0 Å². The van der Waals surface area contributed by atoms with E-state index in [1.54, 1.807) is 12.1 Å². The molecule has 2 heterocycles. The maximum atomic E-state index is 13.4. The first-order valence-electron chi connectivity index (χ1n) is 10.7. The number of nitrogens with one attached hydrogen (secondary N) is 1. The predicted octanol–water partition coefficient (Wildman–Crippen LogP) is 5.84. The van der Waals surface area contributed by atoms with Crippen molar-refractivity contribution in [2.75, 3.05) is 18.0 Å². The quantitative estimate of drug-likeness (QED) is 0.608. The van der Waals surface area contributed by atoms with E-state index in [-0.39, 0.29) is 11.2 Å². The lowest BCUT2D eigenvalue weighted by Gasteiger charge is -2.32. The standard InChI is InChI=1S/C25H28FN3/c1-17-11-15-29(16-12-17)22-9-3-19(4-10-22)23-18(2)24(28-27-23)25(13-14-25)20-5-7-21(26)8-6-20/h3-10,17H,11-16H2,1-2H3,(H,27,28). The van der Waals surface area contributed by atoms with Gasteiger partial charge in [-0.2, -0.15) is 5.10 Å². The van der Waals surface area contributed by atoms with Gasteiger partial charge in [-0.25, -0.2) is 4.39 Å². The van der Waals surface area contributed by atoms with Gasteiger partial charge < -0.3 is 4.90 Å². The summed E-state index contributed by atoms with van der Waals surface area (Å²) in [5.41, 5.74) is 6.99. The first kappa shape index (κ1) is 18.4. The maximum Gasteiger partial charge on any atom is 0.123 e. The predicted molar refractivity (Wildman–Crippen MR) is 116 cm³/mol. The van der Waals surface area contributed by atoms with Gasteiger partial charge in [0, 0.05) is 35.4 Å². The minimum atomic E-state index is -0.185. The van der Waals surface area contributed by atoms with E-state index in [0.29, 0.717) is 0 Å². The van der Waals surface area contributed by atoms with Crippen molar-refractivity contribution in [1.82, 2.24) is 10.2 Å². The van der Waals surface area contributed by atoms with E-state index in [0.717, 1.165) is 43.1 Å². The van der Waals surface area contributed by atoms with Crippen LogP contribution in [0.2, 0.25) is 0 Å². The maximum absolute atomic E-state index is 13.4. The Kier molecular flexibility index (Phi) is 4.45. The topological polar surface area (TPSA) is 31.9 Å². The van der Waals surface area contributed by atoms with Crippen molar-refractivity contribution < 1.29 is 4.39 Å². The van der Waals surface area contributed by atoms with Crippen molar-refractivity contribution in [3.63, 3.8) is 0 Å². The summed E-state index contributed by atoms with van der Waals surface area (Å²) < 4.78 is 13.4. The van der Waals surface area contributed by atoms with Gasteiger partial charge in [-0.1, -0.05) is 31.2 Å². The van der Waals surface area contributed by atoms with Crippen LogP contribution in [0.5, 0.6) is 0 Å². The van der Waals surface area contributed by atoms with Gasteiger partial charge in [0.1, 0.15) is 5.82 Å².